The Hall–Kier alpha value is -2.64. The van der Waals surface area contributed by atoms with Crippen LogP contribution in [0.25, 0.3) is 0 Å². The number of nitrogens with two attached hydrogens (primary N) is 1. The number of ether oxygens (including phenoxy) is 1. The quantitative estimate of drug-likeness (QED) is 0.411. The molecule has 106 valence electrons. The van der Waals surface area contributed by atoms with Gasteiger partial charge in [-0.1, -0.05) is 0 Å². The molecule has 0 aliphatic carbocycles. The van der Waals surface area contributed by atoms with Crippen LogP contribution >= 0.6 is 0 Å². The van der Waals surface area contributed by atoms with Gasteiger partial charge in [-0.05, 0) is 19.1 Å². The second-order valence-electron chi connectivity index (χ2n) is 4.27. The van der Waals surface area contributed by atoms with Crippen molar-refractivity contribution in [3.63, 3.8) is 0 Å². The van der Waals surface area contributed by atoms with Gasteiger partial charge in [0.15, 0.2) is 0 Å². The van der Waals surface area contributed by atoms with E-state index in [9.17, 15) is 19.2 Å². The summed E-state index contributed by atoms with van der Waals surface area (Å²) in [4.78, 5) is 47.4. The predicted molar refractivity (Wildman–Crippen MR) is 65.3 cm³/mol. The molecule has 0 radical (unpaired) electrons. The second kappa shape index (κ2) is 4.80. The van der Waals surface area contributed by atoms with E-state index < -0.39 is 35.7 Å². The van der Waals surface area contributed by atoms with Crippen LogP contribution in [0, 0.1) is 0 Å². The minimum Gasteiger partial charge on any atom is -0.464 e. The molecular weight excluding hydrogens is 266 g/mol. The molecule has 0 spiro atoms. The van der Waals surface area contributed by atoms with Crippen molar-refractivity contribution in [3.8, 4) is 0 Å². The third kappa shape index (κ3) is 1.85. The second-order valence-corrected chi connectivity index (χ2v) is 4.27. The first-order chi connectivity index (χ1) is 9.43. The van der Waals surface area contributed by atoms with Crippen molar-refractivity contribution < 1.29 is 23.9 Å². The van der Waals surface area contributed by atoms with Gasteiger partial charge in [0.1, 0.15) is 5.69 Å². The van der Waals surface area contributed by atoms with E-state index >= 15 is 0 Å². The zero-order chi connectivity index (χ0) is 14.9. The average Bonchev–Trinajstić information content (AvgIpc) is 2.84. The summed E-state index contributed by atoms with van der Waals surface area (Å²) in [5.74, 6) is -3.36. The van der Waals surface area contributed by atoms with Gasteiger partial charge in [0.05, 0.1) is 13.0 Å². The number of esters is 1. The van der Waals surface area contributed by atoms with Crippen molar-refractivity contribution in [2.75, 3.05) is 6.61 Å². The third-order valence-corrected chi connectivity index (χ3v) is 3.04. The van der Waals surface area contributed by atoms with E-state index in [2.05, 4.69) is 0 Å². The number of primary amides is 1. The highest BCUT2D eigenvalue weighted by molar-refractivity contribution is 6.18. The van der Waals surface area contributed by atoms with Crippen molar-refractivity contribution >= 4 is 23.7 Å². The van der Waals surface area contributed by atoms with Gasteiger partial charge in [0.2, 0.25) is 11.4 Å². The van der Waals surface area contributed by atoms with Gasteiger partial charge < -0.3 is 15.0 Å². The number of hydrogen-bond donors (Lipinski definition) is 2. The molecule has 0 saturated heterocycles. The Balaban J connectivity index is 2.64. The zero-order valence-electron chi connectivity index (χ0n) is 10.7. The van der Waals surface area contributed by atoms with Gasteiger partial charge >= 0.3 is 5.97 Å². The number of aromatic nitrogens is 1. The molecule has 1 aliphatic rings. The number of carbonyl (C=O) groups excluding carboxylic acids is 4. The molecule has 3 amide bonds. The number of hydrogen-bond acceptors (Lipinski definition) is 5. The van der Waals surface area contributed by atoms with Crippen LogP contribution in [0.1, 0.15) is 23.8 Å². The molecule has 0 fully saturated rings. The molecule has 2 heterocycles. The summed E-state index contributed by atoms with van der Waals surface area (Å²) in [6, 6.07) is 2.92. The lowest BCUT2D eigenvalue weighted by Gasteiger charge is -2.34. The molecule has 8 nitrogen and oxygen atoms in total. The molecule has 1 unspecified atom stereocenters. The van der Waals surface area contributed by atoms with Crippen LogP contribution in [0.2, 0.25) is 0 Å². The fourth-order valence-electron chi connectivity index (χ4n) is 2.21. The number of nitrogens with zero attached hydrogens (tertiary/aromatic N) is 1. The molecule has 0 bridgehead atoms. The summed E-state index contributed by atoms with van der Waals surface area (Å²) >= 11 is 0. The Morgan fingerprint density at radius 2 is 2.15 bits per heavy atom. The fraction of sp³-hybridized carbons (Fsp3) is 0.333. The standard InChI is InChI=1S/C12H13N3O5/c1-2-20-11(19)12(6-8(13)16)10(18)14-9(17)7-4-3-5-15(7)12/h3-5H,2,6H2,1H3,(H2,13,16)(H,14,17,18). The normalized spacial score (nSPS) is 21.1. The average molecular weight is 279 g/mol. The third-order valence-electron chi connectivity index (χ3n) is 3.04. The summed E-state index contributed by atoms with van der Waals surface area (Å²) in [7, 11) is 0. The maximum atomic E-state index is 12.2. The largest absolute Gasteiger partial charge is 0.464 e. The molecule has 8 heteroatoms. The number of rotatable bonds is 4. The summed E-state index contributed by atoms with van der Waals surface area (Å²) in [5.41, 5.74) is 3.24. The van der Waals surface area contributed by atoms with Gasteiger partial charge in [-0.25, -0.2) is 4.79 Å². The highest BCUT2D eigenvalue weighted by Gasteiger charge is 2.54. The van der Waals surface area contributed by atoms with E-state index in [0.717, 1.165) is 4.57 Å². The van der Waals surface area contributed by atoms with E-state index in [1.807, 2.05) is 5.32 Å². The molecular formula is C12H13N3O5. The van der Waals surface area contributed by atoms with E-state index in [-0.39, 0.29) is 12.3 Å². The van der Waals surface area contributed by atoms with Gasteiger partial charge in [-0.2, -0.15) is 0 Å². The lowest BCUT2D eigenvalue weighted by molar-refractivity contribution is -0.161. The van der Waals surface area contributed by atoms with Crippen LogP contribution < -0.4 is 11.1 Å². The summed E-state index contributed by atoms with van der Waals surface area (Å²) in [6.45, 7) is 1.59. The molecule has 1 aromatic heterocycles. The Morgan fingerprint density at radius 3 is 2.75 bits per heavy atom. The number of nitrogens with one attached hydrogen (secondary N) is 1. The van der Waals surface area contributed by atoms with Crippen LogP contribution in [-0.2, 0) is 24.7 Å². The Morgan fingerprint density at radius 1 is 1.45 bits per heavy atom. The van der Waals surface area contributed by atoms with E-state index in [4.69, 9.17) is 10.5 Å². The minimum absolute atomic E-state index is 0.0250. The lowest BCUT2D eigenvalue weighted by Crippen LogP contribution is -2.62. The monoisotopic (exact) mass is 279 g/mol. The first-order valence-corrected chi connectivity index (χ1v) is 5.92. The van der Waals surface area contributed by atoms with Gasteiger partial charge in [0, 0.05) is 6.20 Å². The van der Waals surface area contributed by atoms with Crippen molar-refractivity contribution in [2.24, 2.45) is 5.73 Å². The lowest BCUT2D eigenvalue weighted by atomic mass is 9.90. The Labute approximate surface area is 113 Å². The highest BCUT2D eigenvalue weighted by atomic mass is 16.5. The zero-order valence-corrected chi connectivity index (χ0v) is 10.7. The number of amides is 3. The Bertz CT molecular complexity index is 606. The molecule has 1 aromatic rings. The van der Waals surface area contributed by atoms with Crippen molar-refractivity contribution in [3.05, 3.63) is 24.0 Å². The van der Waals surface area contributed by atoms with Crippen LogP contribution in [0.5, 0.6) is 0 Å². The van der Waals surface area contributed by atoms with Gasteiger partial charge in [-0.15, -0.1) is 0 Å². The van der Waals surface area contributed by atoms with E-state index in [1.54, 1.807) is 6.92 Å². The molecule has 3 N–H and O–H groups in total. The van der Waals surface area contributed by atoms with Gasteiger partial charge in [0.25, 0.3) is 11.8 Å². The number of fused-ring (bicyclic) bond motifs is 1. The van der Waals surface area contributed by atoms with Crippen LogP contribution in [-0.4, -0.2) is 34.9 Å². The minimum atomic E-state index is -1.98. The summed E-state index contributed by atoms with van der Waals surface area (Å²) in [6.07, 6.45) is 0.776. The van der Waals surface area contributed by atoms with Gasteiger partial charge in [-0.3, -0.25) is 19.7 Å². The van der Waals surface area contributed by atoms with Crippen molar-refractivity contribution in [1.29, 1.82) is 0 Å². The molecule has 1 atom stereocenters. The maximum absolute atomic E-state index is 12.2. The smallest absolute Gasteiger partial charge is 0.342 e. The summed E-state index contributed by atoms with van der Waals surface area (Å²) in [5, 5.41) is 2.05. The first kappa shape index (κ1) is 13.8. The SMILES string of the molecule is CCOC(=O)C1(CC(N)=O)C(=O)NC(=O)c2cccn21. The molecule has 20 heavy (non-hydrogen) atoms. The molecule has 0 aromatic carbocycles. The maximum Gasteiger partial charge on any atom is 0.342 e. The number of imide groups is 1. The fourth-order valence-corrected chi connectivity index (χ4v) is 2.21. The van der Waals surface area contributed by atoms with E-state index in [1.165, 1.54) is 18.3 Å². The molecule has 1 aliphatic heterocycles. The van der Waals surface area contributed by atoms with Crippen molar-refractivity contribution in [2.45, 2.75) is 18.9 Å². The van der Waals surface area contributed by atoms with Crippen LogP contribution in [0.15, 0.2) is 18.3 Å². The highest BCUT2D eigenvalue weighted by Crippen LogP contribution is 2.29. The first-order valence-electron chi connectivity index (χ1n) is 5.92. The topological polar surface area (TPSA) is 120 Å². The number of carbonyl (C=O) groups is 4. The van der Waals surface area contributed by atoms with Crippen molar-refractivity contribution in [1.82, 2.24) is 9.88 Å². The van der Waals surface area contributed by atoms with Crippen LogP contribution in [0.3, 0.4) is 0 Å². The predicted octanol–water partition coefficient (Wildman–Crippen LogP) is -1.11. The molecule has 2 rings (SSSR count). The van der Waals surface area contributed by atoms with Crippen LogP contribution in [0.4, 0.5) is 0 Å². The Kier molecular flexibility index (Phi) is 3.31. The molecule has 0 saturated carbocycles. The van der Waals surface area contributed by atoms with E-state index in [0.29, 0.717) is 0 Å². The summed E-state index contributed by atoms with van der Waals surface area (Å²) < 4.78 is 6.01.